The minimum Gasteiger partial charge on any atom is -0.244 e. The number of aryl methyl sites for hydroxylation is 20. The van der Waals surface area contributed by atoms with Crippen LogP contribution in [0.25, 0.3) is 169 Å². The molecule has 0 saturated carbocycles. The number of rotatable bonds is 12. The van der Waals surface area contributed by atoms with Crippen LogP contribution in [0.1, 0.15) is 103 Å². The smallest absolute Gasteiger partial charge is 0.244 e. The zero-order valence-electron chi connectivity index (χ0n) is 95.6. The maximum absolute atomic E-state index is 8.14. The standard InChI is InChI=1S/C22H23N4.3C21H21N4.C20H19N4.C19H17N4/c1-14-10-6-7-11-18(14)22-25(5)19-12-8-9-13-20(19)26(22)21-15(2)16(3)23-17(4)24-21;1-14-9-5-6-10-17(14)21-24(4)18-11-7-8-12-19(18)25(21)20-15(2)16(3)22-13-23-20;1-14-9-5-6-10-17(14)21-24(4)18-11-7-8-12-19(18)25(21)20-15(2)13-22-16(3)23-20;1-14-9-5-6-10-17(14)21-24(4)18-11-7-8-12-19(18)25(21)20-13-15(2)22-16(3)23-20;1-14-8-4-5-9-16(14)20-23(3)17-10-6-7-11-18(17)24(20)19-12-13-21-15(2)22-19;1-14-7-3-4-8-15(14)19-22(2)16-9-5-6-10-17(16)23(19)18-11-12-20-13-21-18/h6-13H,1-5H3;3*5-13H,1-4H3;4-13H,1-3H3;3-13H,1-2H3/q6*+1/i3*2D3;;;. The van der Waals surface area contributed by atoms with Gasteiger partial charge in [0, 0.05) is 82.9 Å². The summed E-state index contributed by atoms with van der Waals surface area (Å²) in [5.41, 5.74) is 28.7. The first-order valence-corrected chi connectivity index (χ1v) is 49.0. The van der Waals surface area contributed by atoms with Crippen LogP contribution in [0.5, 0.6) is 0 Å². The van der Waals surface area contributed by atoms with Crippen molar-refractivity contribution in [2.24, 2.45) is 42.3 Å². The Morgan fingerprint density at radius 3 is 0.885 bits per heavy atom. The van der Waals surface area contributed by atoms with E-state index in [4.69, 9.17) is 17.3 Å². The normalized spacial score (nSPS) is 12.3. The van der Waals surface area contributed by atoms with Gasteiger partial charge in [-0.2, -0.15) is 57.3 Å². The van der Waals surface area contributed by atoms with Crippen molar-refractivity contribution in [1.29, 1.82) is 0 Å². The summed E-state index contributed by atoms with van der Waals surface area (Å²) in [5.74, 6) is 12.5. The molecule has 0 bridgehead atoms. The number of fused-ring (bicyclic) bond motifs is 6. The third kappa shape index (κ3) is 18.8. The molecule has 0 spiro atoms. The van der Waals surface area contributed by atoms with E-state index in [2.05, 4.69) is 302 Å². The van der Waals surface area contributed by atoms with E-state index in [0.717, 1.165) is 153 Å². The Kier molecular flexibility index (Phi) is 24.9. The van der Waals surface area contributed by atoms with Gasteiger partial charge in [-0.15, -0.1) is 0 Å². The molecule has 12 aromatic carbocycles. The first-order valence-electron chi connectivity index (χ1n) is 53.5. The van der Waals surface area contributed by atoms with Gasteiger partial charge in [-0.3, -0.25) is 0 Å². The van der Waals surface area contributed by atoms with Crippen LogP contribution in [0.4, 0.5) is 0 Å². The van der Waals surface area contributed by atoms with Crippen molar-refractivity contribution < 1.29 is 39.7 Å². The zero-order chi connectivity index (χ0) is 111. The van der Waals surface area contributed by atoms with E-state index in [1.165, 1.54) is 62.5 Å². The van der Waals surface area contributed by atoms with E-state index in [0.29, 0.717) is 40.5 Å². The van der Waals surface area contributed by atoms with Gasteiger partial charge >= 0.3 is 0 Å². The lowest BCUT2D eigenvalue weighted by Crippen LogP contribution is -2.30. The van der Waals surface area contributed by atoms with Gasteiger partial charge in [-0.1, -0.05) is 182 Å². The Balaban J connectivity index is 0.000000117. The van der Waals surface area contributed by atoms with Gasteiger partial charge in [0.25, 0.3) is 34.9 Å². The summed E-state index contributed by atoms with van der Waals surface area (Å²) < 4.78 is 98.1. The highest BCUT2D eigenvalue weighted by Crippen LogP contribution is 2.38. The fourth-order valence-electron chi connectivity index (χ4n) is 19.9. The summed E-state index contributed by atoms with van der Waals surface area (Å²) in [4.78, 5) is 52.8. The van der Waals surface area contributed by atoms with Crippen LogP contribution in [-0.4, -0.2) is 87.2 Å². The number of aromatic nitrogens is 24. The van der Waals surface area contributed by atoms with E-state index in [1.807, 2.05) is 227 Å². The molecular weight excluding hydrogens is 1830 g/mol. The molecule has 0 unspecified atom stereocenters. The second kappa shape index (κ2) is 42.1. The highest BCUT2D eigenvalue weighted by atomic mass is 15.3. The van der Waals surface area contributed by atoms with E-state index in [-0.39, 0.29) is 16.7 Å². The second-order valence-corrected chi connectivity index (χ2v) is 36.9. The average molecular weight is 1960 g/mol. The Morgan fingerprint density at radius 2 is 0.527 bits per heavy atom. The molecule has 24 rings (SSSR count). The van der Waals surface area contributed by atoms with Gasteiger partial charge in [0.05, 0.1) is 75.7 Å². The van der Waals surface area contributed by atoms with E-state index in [9.17, 15) is 0 Å². The van der Waals surface area contributed by atoms with Crippen molar-refractivity contribution in [3.63, 3.8) is 0 Å². The maximum atomic E-state index is 8.14. The highest BCUT2D eigenvalue weighted by Gasteiger charge is 2.36. The first kappa shape index (κ1) is 87.7. The van der Waals surface area contributed by atoms with Crippen molar-refractivity contribution >= 4 is 66.2 Å². The summed E-state index contributed by atoms with van der Waals surface area (Å²) in [6, 6.07) is 105. The lowest BCUT2D eigenvalue weighted by molar-refractivity contribution is -0.634. The fraction of sp³-hybridized carbons (Fsp3) is 0.177. The molecule has 0 aliphatic heterocycles. The molecule has 0 aliphatic rings. The summed E-state index contributed by atoms with van der Waals surface area (Å²) in [6.45, 7) is 18.5. The van der Waals surface area contributed by atoms with Gasteiger partial charge in [0.15, 0.2) is 66.2 Å². The largest absolute Gasteiger partial charge is 0.296 e. The van der Waals surface area contributed by atoms with Crippen LogP contribution < -0.4 is 27.4 Å². The van der Waals surface area contributed by atoms with Crippen LogP contribution in [0.15, 0.2) is 341 Å². The fourth-order valence-corrected chi connectivity index (χ4v) is 19.9. The summed E-state index contributed by atoms with van der Waals surface area (Å²) in [7, 11) is 12.3. The van der Waals surface area contributed by atoms with Crippen LogP contribution in [-0.2, 0) is 42.3 Å². The predicted octanol–water partition coefficient (Wildman–Crippen LogP) is 22.4. The Hall–Kier alpha value is -18.1. The minimum absolute atomic E-state index is 0.134. The molecular formula is C124H122N24+6. The monoisotopic (exact) mass is 1960 g/mol. The molecule has 0 fully saturated rings. The van der Waals surface area contributed by atoms with Gasteiger partial charge in [0.1, 0.15) is 36.0 Å². The summed E-state index contributed by atoms with van der Waals surface area (Å²) >= 11 is 0. The van der Waals surface area contributed by atoms with Crippen molar-refractivity contribution in [3.05, 3.63) is 431 Å². The molecule has 0 atom stereocenters. The molecule has 732 valence electrons. The predicted molar refractivity (Wildman–Crippen MR) is 589 cm³/mol. The Labute approximate surface area is 875 Å². The lowest BCUT2D eigenvalue weighted by atomic mass is 10.1. The van der Waals surface area contributed by atoms with Crippen molar-refractivity contribution in [3.8, 4) is 103 Å². The number of imidazole rings is 6. The molecule has 24 heteroatoms. The molecule has 24 aromatic rings. The number of hydrogen-bond acceptors (Lipinski definition) is 12. The molecule has 12 aromatic heterocycles. The van der Waals surface area contributed by atoms with Gasteiger partial charge in [-0.05, 0) is 253 Å². The highest BCUT2D eigenvalue weighted by molar-refractivity contribution is 5.86. The molecule has 24 nitrogen and oxygen atoms in total. The van der Waals surface area contributed by atoms with Crippen molar-refractivity contribution in [1.82, 2.24) is 87.2 Å². The Morgan fingerprint density at radius 1 is 0.223 bits per heavy atom. The van der Waals surface area contributed by atoms with Crippen molar-refractivity contribution in [2.45, 2.75) is 111 Å². The molecule has 12 heterocycles. The molecule has 0 aliphatic carbocycles. The van der Waals surface area contributed by atoms with E-state index >= 15 is 0 Å². The zero-order valence-corrected chi connectivity index (χ0v) is 86.6. The number of nitrogens with zero attached hydrogens (tertiary/aromatic N) is 24. The quantitative estimate of drug-likeness (QED) is 0.105. The molecule has 0 saturated heterocycles. The van der Waals surface area contributed by atoms with Gasteiger partial charge in [-0.25, -0.2) is 57.3 Å². The van der Waals surface area contributed by atoms with Crippen molar-refractivity contribution in [2.75, 3.05) is 0 Å². The molecule has 0 N–H and O–H groups in total. The van der Waals surface area contributed by atoms with Crippen LogP contribution >= 0.6 is 0 Å². The Bertz CT molecular complexity index is 9410. The molecule has 0 amide bonds. The lowest BCUT2D eigenvalue weighted by Gasteiger charge is -2.09. The number of hydrogen-bond donors (Lipinski definition) is 0. The SMILES string of the molecule is Cc1cc(-n2c(-c3ccccc3C)[n+](C)c3ccccc32)nc(C)n1.Cc1ccccc1-c1n(-c2ccncn2)c2ccccc2[n+]1C.Cc1nccc(-n2c(-c3ccccc3C)[n+](C)c3ccccc32)n1.[2H]C([2H])([2H])c1c(C)nc(C)nc1-n1c(-c2ccccc2C)[n+](C)c2ccccc21.[2H]C([2H])([2H])c1c(C)ncnc1-n1c(-c2ccccc2C)[n+](C)c2ccccc21.[2H]C([2H])([2H])c1cnc(C)nc1-n1c(-c2ccccc2C)[n+](C)c2ccccc21. The second-order valence-electron chi connectivity index (χ2n) is 36.9. The average Bonchev–Trinajstić information content (AvgIpc) is 1.51. The third-order valence-electron chi connectivity index (χ3n) is 27.1. The summed E-state index contributed by atoms with van der Waals surface area (Å²) in [6.07, 6.45) is 8.02. The van der Waals surface area contributed by atoms with Gasteiger partial charge < -0.3 is 0 Å². The molecule has 0 radical (unpaired) electrons. The van der Waals surface area contributed by atoms with Crippen LogP contribution in [0.2, 0.25) is 0 Å². The summed E-state index contributed by atoms with van der Waals surface area (Å²) in [5, 5.41) is 0. The third-order valence-corrected chi connectivity index (χ3v) is 27.1. The van der Waals surface area contributed by atoms with Crippen LogP contribution in [0.3, 0.4) is 0 Å². The molecule has 148 heavy (non-hydrogen) atoms. The maximum Gasteiger partial charge on any atom is 0.296 e. The van der Waals surface area contributed by atoms with E-state index in [1.54, 1.807) is 40.2 Å². The minimum atomic E-state index is -2.33. The topological polar surface area (TPSA) is 208 Å². The number of benzene rings is 12. The number of para-hydroxylation sites is 12. The van der Waals surface area contributed by atoms with E-state index < -0.39 is 20.6 Å². The van der Waals surface area contributed by atoms with Crippen LogP contribution in [0, 0.1) is 111 Å². The van der Waals surface area contributed by atoms with Gasteiger partial charge in [0.2, 0.25) is 34.9 Å². The first-order chi connectivity index (χ1) is 75.3.